The first kappa shape index (κ1) is 27.9. The molecule has 2 atom stereocenters. The molecule has 0 amide bonds. The van der Waals surface area contributed by atoms with Gasteiger partial charge in [0, 0.05) is 23.8 Å². The van der Waals surface area contributed by atoms with Gasteiger partial charge in [0.05, 0.1) is 0 Å². The Hall–Kier alpha value is -1.72. The lowest BCUT2D eigenvalue weighted by Crippen LogP contribution is -2.45. The molecule has 0 bridgehead atoms. The largest absolute Gasteiger partial charge is 0.335 e. The smallest absolute Gasteiger partial charge is 0.206 e. The Morgan fingerprint density at radius 3 is 2.20 bits per heavy atom. The maximum atomic E-state index is 14.9. The molecule has 2 fully saturated rings. The van der Waals surface area contributed by atoms with E-state index in [2.05, 4.69) is 6.58 Å². The van der Waals surface area contributed by atoms with E-state index in [1.165, 1.54) is 18.2 Å². The van der Waals surface area contributed by atoms with E-state index >= 15 is 0 Å². The van der Waals surface area contributed by atoms with Crippen LogP contribution in [0.15, 0.2) is 49.1 Å². The van der Waals surface area contributed by atoms with Gasteiger partial charge < -0.3 is 0 Å². The molecular formula is C29H38F6. The monoisotopic (exact) mass is 500 g/mol. The van der Waals surface area contributed by atoms with Crippen LogP contribution in [0.2, 0.25) is 0 Å². The van der Waals surface area contributed by atoms with Gasteiger partial charge in [-0.2, -0.15) is 17.6 Å². The summed E-state index contributed by atoms with van der Waals surface area (Å²) in [6, 6.07) is 5.30. The molecule has 196 valence electrons. The van der Waals surface area contributed by atoms with Gasteiger partial charge in [-0.3, -0.25) is 0 Å². The zero-order valence-corrected chi connectivity index (χ0v) is 20.6. The second-order valence-corrected chi connectivity index (χ2v) is 10.5. The third kappa shape index (κ3) is 6.54. The van der Waals surface area contributed by atoms with Crippen molar-refractivity contribution >= 4 is 0 Å². The van der Waals surface area contributed by atoms with Gasteiger partial charge in [0.2, 0.25) is 0 Å². The first-order valence-corrected chi connectivity index (χ1v) is 13.0. The van der Waals surface area contributed by atoms with Crippen LogP contribution in [-0.2, 0) is 12.3 Å². The summed E-state index contributed by atoms with van der Waals surface area (Å²) < 4.78 is 87.7. The highest BCUT2D eigenvalue weighted by molar-refractivity contribution is 5.28. The van der Waals surface area contributed by atoms with Gasteiger partial charge in [0.1, 0.15) is 0 Å². The van der Waals surface area contributed by atoms with Gasteiger partial charge in [0.25, 0.3) is 5.92 Å². The summed E-state index contributed by atoms with van der Waals surface area (Å²) in [6.45, 7) is 5.48. The summed E-state index contributed by atoms with van der Waals surface area (Å²) in [5, 5.41) is 0. The number of alkyl halides is 6. The van der Waals surface area contributed by atoms with Crippen molar-refractivity contribution in [2.75, 3.05) is 0 Å². The van der Waals surface area contributed by atoms with Crippen molar-refractivity contribution in [2.45, 2.75) is 95.3 Å². The predicted octanol–water partition coefficient (Wildman–Crippen LogP) is 9.75. The molecule has 0 aliphatic heterocycles. The molecule has 1 aromatic carbocycles. The summed E-state index contributed by atoms with van der Waals surface area (Å²) in [7, 11) is 0. The number of allylic oxidation sites excluding steroid dienone is 3. The molecular weight excluding hydrogens is 462 g/mol. The van der Waals surface area contributed by atoms with Crippen molar-refractivity contribution < 1.29 is 26.3 Å². The predicted molar refractivity (Wildman–Crippen MR) is 129 cm³/mol. The molecule has 0 radical (unpaired) electrons. The van der Waals surface area contributed by atoms with E-state index in [1.54, 1.807) is 0 Å². The number of aryl methyl sites for hydroxylation is 1. The average molecular weight is 501 g/mol. The van der Waals surface area contributed by atoms with Gasteiger partial charge in [-0.25, -0.2) is 8.78 Å². The van der Waals surface area contributed by atoms with Crippen molar-refractivity contribution in [2.24, 2.45) is 23.7 Å². The minimum absolute atomic E-state index is 0.0721. The molecule has 3 rings (SSSR count). The van der Waals surface area contributed by atoms with Crippen molar-refractivity contribution in [3.8, 4) is 0 Å². The van der Waals surface area contributed by atoms with E-state index in [9.17, 15) is 26.3 Å². The molecule has 0 spiro atoms. The highest BCUT2D eigenvalue weighted by atomic mass is 19.3. The molecule has 0 saturated heterocycles. The molecule has 0 heterocycles. The van der Waals surface area contributed by atoms with Crippen LogP contribution >= 0.6 is 0 Å². The lowest BCUT2D eigenvalue weighted by atomic mass is 9.75. The standard InChI is InChI=1S/C29H38F6/c1-3-7-21-10-16-25(17-11-21)28(32,33)29(34,35)26-18-12-22(13-19-26)8-5-6-9-23-14-15-24(4-2)27(30,31)20-23/h4,6,9-11,16-17,22-24,26H,2-3,5,7-8,12-15,18-20H2,1H3/b9-6+. The van der Waals surface area contributed by atoms with Crippen molar-refractivity contribution in [1.82, 2.24) is 0 Å². The number of halogens is 6. The summed E-state index contributed by atoms with van der Waals surface area (Å²) in [4.78, 5) is 0. The number of hydrogen-bond donors (Lipinski definition) is 0. The van der Waals surface area contributed by atoms with Crippen LogP contribution in [0, 0.1) is 23.7 Å². The zero-order valence-electron chi connectivity index (χ0n) is 20.6. The first-order valence-electron chi connectivity index (χ1n) is 13.0. The Morgan fingerprint density at radius 1 is 0.971 bits per heavy atom. The molecule has 0 N–H and O–H groups in total. The number of rotatable bonds is 10. The molecule has 1 aromatic rings. The number of hydrogen-bond acceptors (Lipinski definition) is 0. The molecule has 2 aliphatic carbocycles. The Morgan fingerprint density at radius 2 is 1.63 bits per heavy atom. The zero-order chi connectivity index (χ0) is 25.7. The van der Waals surface area contributed by atoms with Crippen LogP contribution in [0.25, 0.3) is 0 Å². The molecule has 0 nitrogen and oxygen atoms in total. The van der Waals surface area contributed by atoms with E-state index in [0.29, 0.717) is 32.1 Å². The van der Waals surface area contributed by atoms with Crippen LogP contribution in [0.5, 0.6) is 0 Å². The SMILES string of the molecule is C=CC1CCC(/C=C/CCC2CCC(C(F)(F)C(F)(F)c3ccc(CCC)cc3)CC2)CC1(F)F. The quantitative estimate of drug-likeness (QED) is 0.222. The normalized spacial score (nSPS) is 27.7. The minimum Gasteiger partial charge on any atom is -0.206 e. The van der Waals surface area contributed by atoms with Crippen molar-refractivity contribution in [3.05, 3.63) is 60.2 Å². The van der Waals surface area contributed by atoms with E-state index in [0.717, 1.165) is 37.0 Å². The summed E-state index contributed by atoms with van der Waals surface area (Å²) in [5.41, 5.74) is 0.241. The van der Waals surface area contributed by atoms with Crippen LogP contribution in [0.4, 0.5) is 26.3 Å². The number of benzene rings is 1. The minimum atomic E-state index is -4.20. The van der Waals surface area contributed by atoms with Crippen molar-refractivity contribution in [1.29, 1.82) is 0 Å². The molecule has 0 aromatic heterocycles. The summed E-state index contributed by atoms with van der Waals surface area (Å²) in [5.74, 6) is -13.1. The lowest BCUT2D eigenvalue weighted by molar-refractivity contribution is -0.249. The van der Waals surface area contributed by atoms with Gasteiger partial charge in [-0.15, -0.1) is 6.58 Å². The maximum absolute atomic E-state index is 14.9. The Kier molecular flexibility index (Phi) is 9.20. The highest BCUT2D eigenvalue weighted by Crippen LogP contribution is 2.52. The second kappa shape index (κ2) is 11.6. The third-order valence-corrected chi connectivity index (χ3v) is 7.99. The van der Waals surface area contributed by atoms with Crippen LogP contribution in [0.1, 0.15) is 82.3 Å². The molecule has 35 heavy (non-hydrogen) atoms. The van der Waals surface area contributed by atoms with Gasteiger partial charge in [-0.1, -0.05) is 55.8 Å². The fraction of sp³-hybridized carbons (Fsp3) is 0.655. The van der Waals surface area contributed by atoms with E-state index in [4.69, 9.17) is 0 Å². The van der Waals surface area contributed by atoms with Gasteiger partial charge in [0.15, 0.2) is 0 Å². The van der Waals surface area contributed by atoms with Crippen LogP contribution in [-0.4, -0.2) is 11.8 Å². The maximum Gasteiger partial charge on any atom is 0.335 e. The average Bonchev–Trinajstić information content (AvgIpc) is 2.82. The lowest BCUT2D eigenvalue weighted by Gasteiger charge is -2.37. The molecule has 6 heteroatoms. The highest BCUT2D eigenvalue weighted by Gasteiger charge is 2.61. The Balaban J connectivity index is 1.47. The fourth-order valence-electron chi connectivity index (χ4n) is 5.71. The summed E-state index contributed by atoms with van der Waals surface area (Å²) >= 11 is 0. The third-order valence-electron chi connectivity index (χ3n) is 7.99. The topological polar surface area (TPSA) is 0 Å². The van der Waals surface area contributed by atoms with Crippen LogP contribution in [0.3, 0.4) is 0 Å². The van der Waals surface area contributed by atoms with E-state index < -0.39 is 35.2 Å². The first-order chi connectivity index (χ1) is 16.5. The Labute approximate surface area is 205 Å². The van der Waals surface area contributed by atoms with Crippen LogP contribution < -0.4 is 0 Å². The molecule has 2 unspecified atom stereocenters. The van der Waals surface area contributed by atoms with Gasteiger partial charge in [-0.05, 0) is 75.2 Å². The molecule has 2 saturated carbocycles. The van der Waals surface area contributed by atoms with E-state index in [-0.39, 0.29) is 31.1 Å². The van der Waals surface area contributed by atoms with E-state index in [1.807, 2.05) is 19.1 Å². The van der Waals surface area contributed by atoms with Crippen molar-refractivity contribution in [3.63, 3.8) is 0 Å². The summed E-state index contributed by atoms with van der Waals surface area (Å²) in [6.07, 6.45) is 10.3. The fourth-order valence-corrected chi connectivity index (χ4v) is 5.71. The van der Waals surface area contributed by atoms with Gasteiger partial charge >= 0.3 is 11.8 Å². The second-order valence-electron chi connectivity index (χ2n) is 10.5. The Bertz CT molecular complexity index is 833. The molecule has 2 aliphatic rings.